The van der Waals surface area contributed by atoms with Crippen LogP contribution in [-0.4, -0.2) is 33.6 Å². The summed E-state index contributed by atoms with van der Waals surface area (Å²) in [5.41, 5.74) is 5.39. The van der Waals surface area contributed by atoms with Gasteiger partial charge in [-0.15, -0.1) is 0 Å². The number of hydrogen-bond acceptors (Lipinski definition) is 3. The lowest BCUT2D eigenvalue weighted by atomic mass is 9.83. The molecule has 3 heterocycles. The summed E-state index contributed by atoms with van der Waals surface area (Å²) in [5.74, 6) is 0.897. The van der Waals surface area contributed by atoms with Gasteiger partial charge in [-0.2, -0.15) is 0 Å². The fourth-order valence-electron chi connectivity index (χ4n) is 4.10. The lowest BCUT2D eigenvalue weighted by molar-refractivity contribution is 0.0626. The third-order valence-corrected chi connectivity index (χ3v) is 6.84. The molecule has 2 unspecified atom stereocenters. The Hall–Kier alpha value is -2.50. The monoisotopic (exact) mass is 420 g/mol. The van der Waals surface area contributed by atoms with Gasteiger partial charge in [-0.3, -0.25) is 9.19 Å². The molecule has 0 spiro atoms. The van der Waals surface area contributed by atoms with E-state index in [0.717, 1.165) is 54.3 Å². The Balaban J connectivity index is 1.63. The molecule has 5 heteroatoms. The van der Waals surface area contributed by atoms with Crippen LogP contribution < -0.4 is 0 Å². The fourth-order valence-corrected chi connectivity index (χ4v) is 4.62. The number of hydrogen-bond donors (Lipinski definition) is 1. The third-order valence-electron chi connectivity index (χ3n) is 5.91. The van der Waals surface area contributed by atoms with Gasteiger partial charge in [0, 0.05) is 53.0 Å². The SMILES string of the molecule is C=Cc1ccc(-c2ccc(C(CC3CCOCC3)c3ccc(S(C)=O)cc3)[nH]2)nc1. The number of aromatic nitrogens is 2. The minimum atomic E-state index is -0.964. The first-order valence-corrected chi connectivity index (χ1v) is 12.0. The van der Waals surface area contributed by atoms with Crippen LogP contribution in [0, 0.1) is 5.92 Å². The van der Waals surface area contributed by atoms with E-state index in [1.54, 1.807) is 12.3 Å². The van der Waals surface area contributed by atoms with Crippen molar-refractivity contribution in [2.75, 3.05) is 19.5 Å². The summed E-state index contributed by atoms with van der Waals surface area (Å²) in [6.45, 7) is 5.49. The van der Waals surface area contributed by atoms with Crippen molar-refractivity contribution in [3.05, 3.63) is 78.1 Å². The number of benzene rings is 1. The van der Waals surface area contributed by atoms with E-state index in [4.69, 9.17) is 4.74 Å². The molecule has 4 rings (SSSR count). The largest absolute Gasteiger partial charge is 0.381 e. The Labute approximate surface area is 180 Å². The summed E-state index contributed by atoms with van der Waals surface area (Å²) in [6, 6.07) is 16.6. The van der Waals surface area contributed by atoms with Crippen LogP contribution in [0.25, 0.3) is 17.5 Å². The highest BCUT2D eigenvalue weighted by Crippen LogP contribution is 2.35. The summed E-state index contributed by atoms with van der Waals surface area (Å²) in [4.78, 5) is 9.04. The Morgan fingerprint density at radius 1 is 1.17 bits per heavy atom. The Bertz CT molecular complexity index is 1000. The highest BCUT2D eigenvalue weighted by Gasteiger charge is 2.23. The molecule has 0 saturated carbocycles. The Morgan fingerprint density at radius 3 is 2.57 bits per heavy atom. The molecule has 0 bridgehead atoms. The first-order valence-electron chi connectivity index (χ1n) is 10.4. The van der Waals surface area contributed by atoms with E-state index in [0.29, 0.717) is 5.92 Å². The number of nitrogens with one attached hydrogen (secondary N) is 1. The summed E-state index contributed by atoms with van der Waals surface area (Å²) < 4.78 is 17.4. The molecule has 2 atom stereocenters. The van der Waals surface area contributed by atoms with E-state index < -0.39 is 10.8 Å². The van der Waals surface area contributed by atoms with Gasteiger partial charge < -0.3 is 9.72 Å². The molecule has 3 aromatic rings. The molecule has 4 nitrogen and oxygen atoms in total. The van der Waals surface area contributed by atoms with Crippen LogP contribution in [0.1, 0.15) is 42.0 Å². The lowest BCUT2D eigenvalue weighted by Gasteiger charge is -2.27. The van der Waals surface area contributed by atoms with Crippen molar-refractivity contribution >= 4 is 16.9 Å². The van der Waals surface area contributed by atoms with Gasteiger partial charge in [0.15, 0.2) is 0 Å². The van der Waals surface area contributed by atoms with Crippen LogP contribution in [0.4, 0.5) is 0 Å². The van der Waals surface area contributed by atoms with Crippen LogP contribution in [0.2, 0.25) is 0 Å². The minimum absolute atomic E-state index is 0.258. The average molecular weight is 421 g/mol. The number of pyridine rings is 1. The number of nitrogens with zero attached hydrogens (tertiary/aromatic N) is 1. The number of aromatic amines is 1. The summed E-state index contributed by atoms with van der Waals surface area (Å²) in [5, 5.41) is 0. The van der Waals surface area contributed by atoms with Gasteiger partial charge in [0.05, 0.1) is 11.4 Å². The fraction of sp³-hybridized carbons (Fsp3) is 0.320. The number of rotatable bonds is 7. The molecule has 30 heavy (non-hydrogen) atoms. The quantitative estimate of drug-likeness (QED) is 0.556. The molecule has 1 N–H and O–H groups in total. The average Bonchev–Trinajstić information content (AvgIpc) is 3.28. The zero-order valence-corrected chi connectivity index (χ0v) is 18.2. The molecule has 1 aromatic carbocycles. The van der Waals surface area contributed by atoms with Gasteiger partial charge in [0.2, 0.25) is 0 Å². The van der Waals surface area contributed by atoms with E-state index in [1.165, 1.54) is 11.3 Å². The first kappa shape index (κ1) is 20.8. The maximum absolute atomic E-state index is 11.8. The van der Waals surface area contributed by atoms with E-state index in [2.05, 4.69) is 40.8 Å². The van der Waals surface area contributed by atoms with Gasteiger partial charge in [-0.1, -0.05) is 30.9 Å². The van der Waals surface area contributed by atoms with Crippen molar-refractivity contribution < 1.29 is 8.95 Å². The lowest BCUT2D eigenvalue weighted by Crippen LogP contribution is -2.18. The minimum Gasteiger partial charge on any atom is -0.381 e. The highest BCUT2D eigenvalue weighted by atomic mass is 32.2. The molecule has 0 radical (unpaired) electrons. The van der Waals surface area contributed by atoms with Gasteiger partial charge in [-0.05, 0) is 66.6 Å². The second-order valence-electron chi connectivity index (χ2n) is 7.88. The second-order valence-corrected chi connectivity index (χ2v) is 9.26. The standard InChI is InChI=1S/C25H28N2O2S/c1-3-18-4-9-24(26-17-18)25-11-10-23(27-25)22(16-19-12-14-29-15-13-19)20-5-7-21(8-6-20)30(2)28/h3-11,17,19,22,27H,1,12-16H2,2H3. The third kappa shape index (κ3) is 4.79. The van der Waals surface area contributed by atoms with Gasteiger partial charge in [-0.25, -0.2) is 0 Å². The molecule has 0 amide bonds. The molecule has 1 saturated heterocycles. The number of ether oxygens (including phenoxy) is 1. The smallest absolute Gasteiger partial charge is 0.0864 e. The van der Waals surface area contributed by atoms with E-state index in [-0.39, 0.29) is 5.92 Å². The summed E-state index contributed by atoms with van der Waals surface area (Å²) >= 11 is 0. The van der Waals surface area contributed by atoms with Gasteiger partial charge in [0.1, 0.15) is 0 Å². The predicted molar refractivity (Wildman–Crippen MR) is 123 cm³/mol. The molecular weight excluding hydrogens is 392 g/mol. The van der Waals surface area contributed by atoms with E-state index in [1.807, 2.05) is 30.5 Å². The molecule has 0 aliphatic carbocycles. The number of H-pyrrole nitrogens is 1. The molecular formula is C25H28N2O2S. The molecule has 1 aliphatic heterocycles. The van der Waals surface area contributed by atoms with Crippen molar-refractivity contribution in [3.8, 4) is 11.4 Å². The maximum atomic E-state index is 11.8. The van der Waals surface area contributed by atoms with Gasteiger partial charge >= 0.3 is 0 Å². The Morgan fingerprint density at radius 2 is 1.93 bits per heavy atom. The van der Waals surface area contributed by atoms with Crippen LogP contribution in [-0.2, 0) is 15.5 Å². The summed E-state index contributed by atoms with van der Waals surface area (Å²) in [7, 11) is -0.964. The molecule has 156 valence electrons. The zero-order valence-electron chi connectivity index (χ0n) is 17.3. The van der Waals surface area contributed by atoms with Crippen molar-refractivity contribution in [1.82, 2.24) is 9.97 Å². The van der Waals surface area contributed by atoms with Crippen molar-refractivity contribution in [2.24, 2.45) is 5.92 Å². The topological polar surface area (TPSA) is 55.0 Å². The summed E-state index contributed by atoms with van der Waals surface area (Å²) in [6.07, 6.45) is 8.63. The maximum Gasteiger partial charge on any atom is 0.0864 e. The van der Waals surface area contributed by atoms with Crippen LogP contribution in [0.15, 0.2) is 66.2 Å². The van der Waals surface area contributed by atoms with Crippen LogP contribution in [0.3, 0.4) is 0 Å². The zero-order chi connectivity index (χ0) is 20.9. The first-order chi connectivity index (χ1) is 14.6. The Kier molecular flexibility index (Phi) is 6.60. The van der Waals surface area contributed by atoms with Crippen molar-refractivity contribution in [2.45, 2.75) is 30.1 Å². The van der Waals surface area contributed by atoms with Crippen LogP contribution in [0.5, 0.6) is 0 Å². The van der Waals surface area contributed by atoms with E-state index in [9.17, 15) is 4.21 Å². The van der Waals surface area contributed by atoms with E-state index >= 15 is 0 Å². The van der Waals surface area contributed by atoms with Gasteiger partial charge in [0.25, 0.3) is 0 Å². The van der Waals surface area contributed by atoms with Crippen molar-refractivity contribution in [3.63, 3.8) is 0 Å². The highest BCUT2D eigenvalue weighted by molar-refractivity contribution is 7.84. The second kappa shape index (κ2) is 9.54. The predicted octanol–water partition coefficient (Wildman–Crippen LogP) is 5.41. The molecule has 1 fully saturated rings. The normalized spacial score (nSPS) is 16.8. The van der Waals surface area contributed by atoms with Crippen molar-refractivity contribution in [1.29, 1.82) is 0 Å². The molecule has 2 aromatic heterocycles. The molecule has 1 aliphatic rings. The van der Waals surface area contributed by atoms with Crippen LogP contribution >= 0.6 is 0 Å².